The first-order valence-electron chi connectivity index (χ1n) is 5.65. The Hall–Kier alpha value is -0.770. The highest BCUT2D eigenvalue weighted by molar-refractivity contribution is 6.31. The molecule has 1 fully saturated rings. The van der Waals surface area contributed by atoms with Crippen molar-refractivity contribution >= 4 is 23.5 Å². The minimum absolute atomic E-state index is 0.319. The van der Waals surface area contributed by atoms with Crippen molar-refractivity contribution in [2.45, 2.75) is 32.6 Å². The molecule has 0 radical (unpaired) electrons. The third kappa shape index (κ3) is 3.37. The van der Waals surface area contributed by atoms with Gasteiger partial charge in [-0.2, -0.15) is 0 Å². The molecular formula is C11H19ClN2O2. The highest BCUT2D eigenvalue weighted by Crippen LogP contribution is 2.23. The molecule has 2 atom stereocenters. The predicted octanol–water partition coefficient (Wildman–Crippen LogP) is 1.83. The molecule has 0 aromatic rings. The van der Waals surface area contributed by atoms with E-state index in [1.165, 1.54) is 0 Å². The minimum atomic E-state index is -0.674. The van der Waals surface area contributed by atoms with Gasteiger partial charge in [0.1, 0.15) is 5.38 Å². The molecule has 1 aliphatic heterocycles. The number of carbonyl (C=O) groups is 2. The molecule has 1 saturated heterocycles. The molecule has 1 N–H and O–H groups in total. The first-order chi connectivity index (χ1) is 7.41. The normalized spacial score (nSPS) is 22.3. The summed E-state index contributed by atoms with van der Waals surface area (Å²) in [6.07, 6.45) is 1.01. The number of nitrogens with zero attached hydrogens (tertiary/aromatic N) is 1. The summed E-state index contributed by atoms with van der Waals surface area (Å²) >= 11 is 5.58. The first-order valence-corrected chi connectivity index (χ1v) is 6.09. The SMILES string of the molecule is CC(Cl)C(=O)NC(=O)N1CCC(C(C)C)C1. The van der Waals surface area contributed by atoms with E-state index in [9.17, 15) is 9.59 Å². The Kier molecular flexibility index (Phi) is 4.59. The maximum absolute atomic E-state index is 11.7. The molecule has 16 heavy (non-hydrogen) atoms. The molecule has 0 aromatic heterocycles. The lowest BCUT2D eigenvalue weighted by molar-refractivity contribution is -0.119. The number of hydrogen-bond acceptors (Lipinski definition) is 2. The number of urea groups is 1. The number of hydrogen-bond donors (Lipinski definition) is 1. The van der Waals surface area contributed by atoms with Gasteiger partial charge in [0.05, 0.1) is 0 Å². The molecule has 0 saturated carbocycles. The van der Waals surface area contributed by atoms with Crippen molar-refractivity contribution in [2.24, 2.45) is 11.8 Å². The van der Waals surface area contributed by atoms with E-state index in [2.05, 4.69) is 19.2 Å². The van der Waals surface area contributed by atoms with E-state index in [0.29, 0.717) is 11.8 Å². The standard InChI is InChI=1S/C11H19ClN2O2/c1-7(2)9-4-5-14(6-9)11(16)13-10(15)8(3)12/h7-9H,4-6H2,1-3H3,(H,13,15,16). The van der Waals surface area contributed by atoms with E-state index in [0.717, 1.165) is 19.5 Å². The summed E-state index contributed by atoms with van der Waals surface area (Å²) in [6.45, 7) is 7.30. The van der Waals surface area contributed by atoms with Crippen molar-refractivity contribution in [2.75, 3.05) is 13.1 Å². The number of amides is 3. The van der Waals surface area contributed by atoms with Gasteiger partial charge in [-0.15, -0.1) is 11.6 Å². The smallest absolute Gasteiger partial charge is 0.324 e. The van der Waals surface area contributed by atoms with Gasteiger partial charge in [-0.05, 0) is 25.2 Å². The average Bonchev–Trinajstić information content (AvgIpc) is 2.65. The van der Waals surface area contributed by atoms with Crippen LogP contribution in [0.1, 0.15) is 27.2 Å². The molecule has 1 aliphatic rings. The minimum Gasteiger partial charge on any atom is -0.324 e. The van der Waals surface area contributed by atoms with Crippen LogP contribution in [0.5, 0.6) is 0 Å². The van der Waals surface area contributed by atoms with E-state index in [1.807, 2.05) is 0 Å². The molecular weight excluding hydrogens is 228 g/mol. The number of nitrogens with one attached hydrogen (secondary N) is 1. The summed E-state index contributed by atoms with van der Waals surface area (Å²) in [7, 11) is 0. The number of carbonyl (C=O) groups excluding carboxylic acids is 2. The summed E-state index contributed by atoms with van der Waals surface area (Å²) in [5, 5.41) is 1.62. The summed E-state index contributed by atoms with van der Waals surface area (Å²) in [4.78, 5) is 24.6. The Labute approximate surface area is 101 Å². The number of halogens is 1. The Morgan fingerprint density at radius 3 is 2.44 bits per heavy atom. The van der Waals surface area contributed by atoms with Crippen LogP contribution in [-0.2, 0) is 4.79 Å². The third-order valence-corrected chi connectivity index (χ3v) is 3.24. The predicted molar refractivity (Wildman–Crippen MR) is 63.4 cm³/mol. The fourth-order valence-corrected chi connectivity index (χ4v) is 1.85. The van der Waals surface area contributed by atoms with Crippen LogP contribution in [0.25, 0.3) is 0 Å². The van der Waals surface area contributed by atoms with Crippen LogP contribution in [0.4, 0.5) is 4.79 Å². The van der Waals surface area contributed by atoms with Crippen molar-refractivity contribution in [1.29, 1.82) is 0 Å². The van der Waals surface area contributed by atoms with Crippen LogP contribution >= 0.6 is 11.6 Å². The summed E-state index contributed by atoms with van der Waals surface area (Å²) in [6, 6.07) is -0.319. The van der Waals surface area contributed by atoms with Gasteiger partial charge in [0.2, 0.25) is 5.91 Å². The molecule has 0 spiro atoms. The van der Waals surface area contributed by atoms with Gasteiger partial charge in [-0.1, -0.05) is 13.8 Å². The van der Waals surface area contributed by atoms with Crippen molar-refractivity contribution in [3.63, 3.8) is 0 Å². The van der Waals surface area contributed by atoms with Crippen LogP contribution in [0.15, 0.2) is 0 Å². The molecule has 5 heteroatoms. The fraction of sp³-hybridized carbons (Fsp3) is 0.818. The van der Waals surface area contributed by atoms with E-state index in [4.69, 9.17) is 11.6 Å². The summed E-state index contributed by atoms with van der Waals surface area (Å²) in [5.41, 5.74) is 0. The molecule has 3 amide bonds. The first kappa shape index (κ1) is 13.3. The van der Waals surface area contributed by atoms with Gasteiger partial charge >= 0.3 is 6.03 Å². The molecule has 0 aliphatic carbocycles. The fourth-order valence-electron chi connectivity index (χ4n) is 1.80. The maximum Gasteiger partial charge on any atom is 0.324 e. The number of alkyl halides is 1. The van der Waals surface area contributed by atoms with Gasteiger partial charge < -0.3 is 4.90 Å². The summed E-state index contributed by atoms with van der Waals surface area (Å²) < 4.78 is 0. The van der Waals surface area contributed by atoms with E-state index < -0.39 is 11.3 Å². The van der Waals surface area contributed by atoms with Crippen molar-refractivity contribution in [3.05, 3.63) is 0 Å². The van der Waals surface area contributed by atoms with Crippen LogP contribution in [0, 0.1) is 11.8 Å². The van der Waals surface area contributed by atoms with Gasteiger partial charge in [0.25, 0.3) is 0 Å². The van der Waals surface area contributed by atoms with Gasteiger partial charge in [0.15, 0.2) is 0 Å². The zero-order valence-electron chi connectivity index (χ0n) is 10.00. The number of likely N-dealkylation sites (tertiary alicyclic amines) is 1. The number of rotatable bonds is 2. The van der Waals surface area contributed by atoms with Crippen LogP contribution in [0.3, 0.4) is 0 Å². The lowest BCUT2D eigenvalue weighted by Crippen LogP contribution is -2.44. The van der Waals surface area contributed by atoms with Crippen molar-refractivity contribution in [3.8, 4) is 0 Å². The van der Waals surface area contributed by atoms with Crippen molar-refractivity contribution in [1.82, 2.24) is 10.2 Å². The zero-order chi connectivity index (χ0) is 12.3. The van der Waals surface area contributed by atoms with Crippen LogP contribution < -0.4 is 5.32 Å². The average molecular weight is 247 g/mol. The lowest BCUT2D eigenvalue weighted by atomic mass is 9.95. The molecule has 4 nitrogen and oxygen atoms in total. The van der Waals surface area contributed by atoms with Gasteiger partial charge in [-0.3, -0.25) is 10.1 Å². The Morgan fingerprint density at radius 1 is 1.38 bits per heavy atom. The lowest BCUT2D eigenvalue weighted by Gasteiger charge is -2.18. The second-order valence-electron chi connectivity index (χ2n) is 4.65. The Bertz CT molecular complexity index is 279. The second-order valence-corrected chi connectivity index (χ2v) is 5.30. The molecule has 1 rings (SSSR count). The van der Waals surface area contributed by atoms with Gasteiger partial charge in [-0.25, -0.2) is 4.79 Å². The molecule has 1 heterocycles. The summed E-state index contributed by atoms with van der Waals surface area (Å²) in [5.74, 6) is 0.675. The zero-order valence-corrected chi connectivity index (χ0v) is 10.8. The Balaban J connectivity index is 2.42. The van der Waals surface area contributed by atoms with Crippen molar-refractivity contribution < 1.29 is 9.59 Å². The van der Waals surface area contributed by atoms with E-state index >= 15 is 0 Å². The molecule has 92 valence electrons. The van der Waals surface area contributed by atoms with E-state index in [1.54, 1.807) is 11.8 Å². The largest absolute Gasteiger partial charge is 0.324 e. The molecule has 2 unspecified atom stereocenters. The quantitative estimate of drug-likeness (QED) is 0.756. The van der Waals surface area contributed by atoms with E-state index in [-0.39, 0.29) is 6.03 Å². The molecule has 0 aromatic carbocycles. The third-order valence-electron chi connectivity index (χ3n) is 3.05. The second kappa shape index (κ2) is 5.53. The number of imide groups is 1. The Morgan fingerprint density at radius 2 is 2.00 bits per heavy atom. The molecule has 0 bridgehead atoms. The van der Waals surface area contributed by atoms with Crippen LogP contribution in [-0.4, -0.2) is 35.3 Å². The highest BCUT2D eigenvalue weighted by atomic mass is 35.5. The topological polar surface area (TPSA) is 49.4 Å². The van der Waals surface area contributed by atoms with Crippen LogP contribution in [0.2, 0.25) is 0 Å². The maximum atomic E-state index is 11.7. The highest BCUT2D eigenvalue weighted by Gasteiger charge is 2.29. The van der Waals surface area contributed by atoms with Gasteiger partial charge in [0, 0.05) is 13.1 Å². The monoisotopic (exact) mass is 246 g/mol.